The number of rotatable bonds is 7. The molecule has 0 bridgehead atoms. The van der Waals surface area contributed by atoms with Crippen LogP contribution < -0.4 is 5.73 Å². The summed E-state index contributed by atoms with van der Waals surface area (Å²) >= 11 is 0. The summed E-state index contributed by atoms with van der Waals surface area (Å²) in [6.45, 7) is 4.34. The Labute approximate surface area is 171 Å². The first-order chi connectivity index (χ1) is 13.5. The van der Waals surface area contributed by atoms with E-state index in [1.165, 1.54) is 17.0 Å². The van der Waals surface area contributed by atoms with Crippen LogP contribution in [0.3, 0.4) is 0 Å². The second kappa shape index (κ2) is 7.76. The van der Waals surface area contributed by atoms with Gasteiger partial charge < -0.3 is 5.73 Å². The zero-order valence-electron chi connectivity index (χ0n) is 16.6. The molecule has 0 spiro atoms. The Bertz CT molecular complexity index is 1010. The molecular formula is C21H26N2O5S. The van der Waals surface area contributed by atoms with Crippen molar-refractivity contribution in [2.24, 2.45) is 11.3 Å². The fraction of sp³-hybridized carbons (Fsp3) is 0.429. The van der Waals surface area contributed by atoms with Gasteiger partial charge in [0.1, 0.15) is 0 Å². The highest BCUT2D eigenvalue weighted by atomic mass is 32.2. The molecule has 1 aliphatic heterocycles. The summed E-state index contributed by atoms with van der Waals surface area (Å²) in [5.74, 6) is -0.379. The molecule has 0 fully saturated rings. The lowest BCUT2D eigenvalue weighted by molar-refractivity contribution is 0.0645. The number of hydrogen-bond acceptors (Lipinski definition) is 5. The lowest BCUT2D eigenvalue weighted by Crippen LogP contribution is -2.32. The number of allylic oxidation sites excluding steroid dienone is 4. The summed E-state index contributed by atoms with van der Waals surface area (Å²) in [7, 11) is -4.25. The summed E-state index contributed by atoms with van der Waals surface area (Å²) in [4.78, 5) is 26.4. The Balaban J connectivity index is 1.72. The van der Waals surface area contributed by atoms with E-state index in [0.29, 0.717) is 35.6 Å². The molecule has 1 unspecified atom stereocenters. The SMILES string of the molecule is CC(C)CC1(CCCN2C(=O)c3ccc(N)cc3C2=O)C=CC=C(S(=O)(=O)O)C1. The maximum absolute atomic E-state index is 12.6. The van der Waals surface area contributed by atoms with Crippen LogP contribution in [0.25, 0.3) is 0 Å². The van der Waals surface area contributed by atoms with Crippen molar-refractivity contribution >= 4 is 27.6 Å². The lowest BCUT2D eigenvalue weighted by Gasteiger charge is -2.35. The fourth-order valence-electron chi connectivity index (χ4n) is 4.33. The van der Waals surface area contributed by atoms with Crippen LogP contribution in [-0.4, -0.2) is 36.2 Å². The molecule has 29 heavy (non-hydrogen) atoms. The Morgan fingerprint density at radius 2 is 1.90 bits per heavy atom. The first-order valence-corrected chi connectivity index (χ1v) is 11.1. The van der Waals surface area contributed by atoms with Gasteiger partial charge in [-0.1, -0.05) is 26.0 Å². The van der Waals surface area contributed by atoms with E-state index in [1.807, 2.05) is 6.08 Å². The molecular weight excluding hydrogens is 392 g/mol. The van der Waals surface area contributed by atoms with Crippen molar-refractivity contribution < 1.29 is 22.6 Å². The number of benzene rings is 1. The molecule has 1 heterocycles. The van der Waals surface area contributed by atoms with Crippen LogP contribution in [0.4, 0.5) is 5.69 Å². The van der Waals surface area contributed by atoms with Crippen LogP contribution >= 0.6 is 0 Å². The van der Waals surface area contributed by atoms with Gasteiger partial charge >= 0.3 is 0 Å². The van der Waals surface area contributed by atoms with Gasteiger partial charge in [-0.15, -0.1) is 0 Å². The number of anilines is 1. The second-order valence-electron chi connectivity index (χ2n) is 8.27. The highest BCUT2D eigenvalue weighted by molar-refractivity contribution is 7.89. The van der Waals surface area contributed by atoms with Gasteiger partial charge in [0, 0.05) is 12.2 Å². The quantitative estimate of drug-likeness (QED) is 0.398. The van der Waals surface area contributed by atoms with Gasteiger partial charge in [0.25, 0.3) is 21.9 Å². The molecule has 0 aromatic heterocycles. The van der Waals surface area contributed by atoms with E-state index in [4.69, 9.17) is 5.73 Å². The van der Waals surface area contributed by atoms with Crippen LogP contribution in [0.1, 0.15) is 60.2 Å². The van der Waals surface area contributed by atoms with E-state index in [0.717, 1.165) is 6.42 Å². The van der Waals surface area contributed by atoms with E-state index < -0.39 is 15.5 Å². The van der Waals surface area contributed by atoms with Gasteiger partial charge in [0.05, 0.1) is 16.0 Å². The molecule has 0 saturated heterocycles. The number of nitrogens with two attached hydrogens (primary N) is 1. The van der Waals surface area contributed by atoms with Crippen molar-refractivity contribution in [2.75, 3.05) is 12.3 Å². The molecule has 3 rings (SSSR count). The fourth-order valence-corrected chi connectivity index (χ4v) is 5.05. The van der Waals surface area contributed by atoms with Crippen LogP contribution in [0.2, 0.25) is 0 Å². The molecule has 2 aliphatic rings. The molecule has 8 heteroatoms. The molecule has 2 amide bonds. The Hall–Kier alpha value is -2.45. The first kappa shape index (κ1) is 21.3. The topological polar surface area (TPSA) is 118 Å². The normalized spacial score (nSPS) is 21.7. The van der Waals surface area contributed by atoms with Crippen LogP contribution in [-0.2, 0) is 10.1 Å². The Kier molecular flexibility index (Phi) is 5.69. The van der Waals surface area contributed by atoms with E-state index in [-0.39, 0.29) is 29.7 Å². The third-order valence-electron chi connectivity index (χ3n) is 5.46. The Morgan fingerprint density at radius 3 is 2.55 bits per heavy atom. The maximum atomic E-state index is 12.6. The molecule has 0 radical (unpaired) electrons. The summed E-state index contributed by atoms with van der Waals surface area (Å²) in [5.41, 5.74) is 6.39. The number of fused-ring (bicyclic) bond motifs is 1. The summed E-state index contributed by atoms with van der Waals surface area (Å²) < 4.78 is 32.7. The number of carbonyl (C=O) groups excluding carboxylic acids is 2. The summed E-state index contributed by atoms with van der Waals surface area (Å²) in [6.07, 6.45) is 7.11. The summed E-state index contributed by atoms with van der Waals surface area (Å²) in [5, 5.41) is 0. The predicted octanol–water partition coefficient (Wildman–Crippen LogP) is 3.41. The zero-order valence-corrected chi connectivity index (χ0v) is 17.4. The van der Waals surface area contributed by atoms with E-state index in [2.05, 4.69) is 13.8 Å². The smallest absolute Gasteiger partial charge is 0.290 e. The molecule has 3 N–H and O–H groups in total. The third kappa shape index (κ3) is 4.43. The average molecular weight is 419 g/mol. The first-order valence-electron chi connectivity index (χ1n) is 9.64. The zero-order chi connectivity index (χ0) is 21.4. The number of carbonyl (C=O) groups is 2. The Morgan fingerprint density at radius 1 is 1.21 bits per heavy atom. The van der Waals surface area contributed by atoms with E-state index in [9.17, 15) is 22.6 Å². The number of amides is 2. The van der Waals surface area contributed by atoms with Crippen LogP contribution in [0.15, 0.2) is 41.3 Å². The highest BCUT2D eigenvalue weighted by Crippen LogP contribution is 2.43. The van der Waals surface area contributed by atoms with E-state index in [1.54, 1.807) is 18.2 Å². The van der Waals surface area contributed by atoms with Gasteiger partial charge in [-0.3, -0.25) is 19.0 Å². The van der Waals surface area contributed by atoms with Gasteiger partial charge in [0.15, 0.2) is 0 Å². The molecule has 1 aromatic carbocycles. The largest absolute Gasteiger partial charge is 0.399 e. The summed E-state index contributed by atoms with van der Waals surface area (Å²) in [6, 6.07) is 4.68. The molecule has 0 saturated carbocycles. The number of nitrogens with zero attached hydrogens (tertiary/aromatic N) is 1. The average Bonchev–Trinajstić information content (AvgIpc) is 2.85. The number of imide groups is 1. The monoisotopic (exact) mass is 418 g/mol. The minimum Gasteiger partial charge on any atom is -0.399 e. The maximum Gasteiger partial charge on any atom is 0.290 e. The number of nitrogen functional groups attached to an aromatic ring is 1. The van der Waals surface area contributed by atoms with Crippen molar-refractivity contribution in [1.82, 2.24) is 4.90 Å². The number of hydrogen-bond donors (Lipinski definition) is 2. The van der Waals surface area contributed by atoms with Gasteiger partial charge in [-0.25, -0.2) is 0 Å². The van der Waals surface area contributed by atoms with Crippen molar-refractivity contribution in [1.29, 1.82) is 0 Å². The van der Waals surface area contributed by atoms with E-state index >= 15 is 0 Å². The van der Waals surface area contributed by atoms with Gasteiger partial charge in [-0.2, -0.15) is 8.42 Å². The minimum atomic E-state index is -4.25. The van der Waals surface area contributed by atoms with Crippen molar-refractivity contribution in [3.05, 3.63) is 52.5 Å². The standard InChI is InChI=1S/C21H26N2O5S/c1-14(2)12-21(8-3-5-16(13-21)29(26,27)28)9-4-10-23-19(24)17-7-6-15(22)11-18(17)20(23)25/h3,5-8,11,14H,4,9-10,12-13,22H2,1-2H3,(H,26,27,28). The van der Waals surface area contributed by atoms with Crippen LogP contribution in [0.5, 0.6) is 0 Å². The molecule has 7 nitrogen and oxygen atoms in total. The molecule has 1 aliphatic carbocycles. The highest BCUT2D eigenvalue weighted by Gasteiger charge is 2.37. The second-order valence-corrected chi connectivity index (χ2v) is 9.75. The molecule has 1 aromatic rings. The molecule has 156 valence electrons. The third-order valence-corrected chi connectivity index (χ3v) is 6.40. The van der Waals surface area contributed by atoms with Crippen molar-refractivity contribution in [3.63, 3.8) is 0 Å². The lowest BCUT2D eigenvalue weighted by atomic mass is 9.72. The van der Waals surface area contributed by atoms with Gasteiger partial charge in [0.2, 0.25) is 0 Å². The minimum absolute atomic E-state index is 0.00291. The predicted molar refractivity (Wildman–Crippen MR) is 111 cm³/mol. The van der Waals surface area contributed by atoms with Gasteiger partial charge in [-0.05, 0) is 61.3 Å². The van der Waals surface area contributed by atoms with Crippen molar-refractivity contribution in [2.45, 2.75) is 39.5 Å². The van der Waals surface area contributed by atoms with Crippen LogP contribution in [0, 0.1) is 11.3 Å². The molecule has 1 atom stereocenters. The van der Waals surface area contributed by atoms with Crippen molar-refractivity contribution in [3.8, 4) is 0 Å².